The first-order valence-electron chi connectivity index (χ1n) is 9.22. The van der Waals surface area contributed by atoms with E-state index in [9.17, 15) is 4.79 Å². The van der Waals surface area contributed by atoms with Gasteiger partial charge in [0.1, 0.15) is 0 Å². The van der Waals surface area contributed by atoms with Crippen molar-refractivity contribution >= 4 is 5.91 Å². The molecule has 3 heterocycles. The minimum absolute atomic E-state index is 0.118. The normalized spacial score (nSPS) is 25.9. The lowest BCUT2D eigenvalue weighted by Crippen LogP contribution is -2.42. The quantitative estimate of drug-likeness (QED) is 0.848. The van der Waals surface area contributed by atoms with Crippen LogP contribution >= 0.6 is 0 Å². The van der Waals surface area contributed by atoms with Crippen LogP contribution in [0.2, 0.25) is 0 Å². The molecule has 2 saturated heterocycles. The fraction of sp³-hybridized carbons (Fsp3) is 0.824. The summed E-state index contributed by atoms with van der Waals surface area (Å²) in [6.07, 6.45) is 6.54. The van der Waals surface area contributed by atoms with Gasteiger partial charge >= 0.3 is 0 Å². The summed E-state index contributed by atoms with van der Waals surface area (Å²) in [7, 11) is 0. The van der Waals surface area contributed by atoms with E-state index >= 15 is 0 Å². The van der Waals surface area contributed by atoms with E-state index in [0.29, 0.717) is 24.9 Å². The molecule has 7 nitrogen and oxygen atoms in total. The first kappa shape index (κ1) is 16.0. The highest BCUT2D eigenvalue weighted by Crippen LogP contribution is 2.38. The van der Waals surface area contributed by atoms with Crippen molar-refractivity contribution in [2.75, 3.05) is 26.2 Å². The van der Waals surface area contributed by atoms with Gasteiger partial charge < -0.3 is 14.6 Å². The molecule has 4 rings (SSSR count). The number of rotatable bonds is 6. The van der Waals surface area contributed by atoms with Crippen molar-refractivity contribution in [2.24, 2.45) is 5.92 Å². The van der Waals surface area contributed by atoms with E-state index in [4.69, 9.17) is 9.26 Å². The zero-order valence-corrected chi connectivity index (χ0v) is 14.1. The molecule has 0 radical (unpaired) electrons. The zero-order valence-electron chi connectivity index (χ0n) is 14.1. The Morgan fingerprint density at radius 2 is 2.04 bits per heavy atom. The van der Waals surface area contributed by atoms with Gasteiger partial charge in [-0.1, -0.05) is 5.16 Å². The van der Waals surface area contributed by atoms with E-state index in [1.165, 1.54) is 12.8 Å². The molecule has 7 heteroatoms. The maximum Gasteiger partial charge on any atom is 0.240 e. The van der Waals surface area contributed by atoms with Crippen molar-refractivity contribution < 1.29 is 14.1 Å². The minimum Gasteiger partial charge on any atom is -0.376 e. The Balaban J connectivity index is 1.18. The number of nitrogens with zero attached hydrogens (tertiary/aromatic N) is 3. The van der Waals surface area contributed by atoms with Crippen LogP contribution in [-0.2, 0) is 16.1 Å². The number of carbonyl (C=O) groups excluding carboxylic acids is 1. The summed E-state index contributed by atoms with van der Waals surface area (Å²) in [6.45, 7) is 3.99. The van der Waals surface area contributed by atoms with Crippen molar-refractivity contribution in [2.45, 2.75) is 57.1 Å². The average Bonchev–Trinajstić information content (AvgIpc) is 3.13. The van der Waals surface area contributed by atoms with Crippen LogP contribution in [0.1, 0.15) is 56.2 Å². The van der Waals surface area contributed by atoms with Gasteiger partial charge in [-0.15, -0.1) is 0 Å². The number of hydrogen-bond acceptors (Lipinski definition) is 6. The molecule has 2 aliphatic heterocycles. The maximum absolute atomic E-state index is 12.3. The summed E-state index contributed by atoms with van der Waals surface area (Å²) in [6, 6.07) is 0. The molecule has 0 bridgehead atoms. The fourth-order valence-electron chi connectivity index (χ4n) is 3.55. The van der Waals surface area contributed by atoms with Gasteiger partial charge in [0.25, 0.3) is 0 Å². The van der Waals surface area contributed by atoms with Crippen molar-refractivity contribution in [1.29, 1.82) is 0 Å². The second kappa shape index (κ2) is 7.19. The summed E-state index contributed by atoms with van der Waals surface area (Å²) in [4.78, 5) is 19.1. The van der Waals surface area contributed by atoms with Crippen molar-refractivity contribution in [3.8, 4) is 0 Å². The van der Waals surface area contributed by atoms with Gasteiger partial charge in [0.15, 0.2) is 5.82 Å². The summed E-state index contributed by atoms with van der Waals surface area (Å²) in [5.41, 5.74) is 0. The maximum atomic E-state index is 12.3. The molecular formula is C17H26N4O3. The molecule has 1 aromatic heterocycles. The van der Waals surface area contributed by atoms with Gasteiger partial charge in [0.05, 0.1) is 12.6 Å². The molecule has 3 aliphatic rings. The second-order valence-electron chi connectivity index (χ2n) is 7.25. The Labute approximate surface area is 142 Å². The van der Waals surface area contributed by atoms with Crippen LogP contribution in [0.3, 0.4) is 0 Å². The molecule has 0 unspecified atom stereocenters. The Morgan fingerprint density at radius 3 is 2.75 bits per heavy atom. The standard InChI is InChI=1S/C17H26N4O3/c22-17(18-10-14-2-1-9-23-14)13-5-7-21(8-6-13)11-15-19-16(20-24-15)12-3-4-12/h12-14H,1-11H2,(H,18,22)/t14-/m1/s1. The van der Waals surface area contributed by atoms with Gasteiger partial charge in [-0.05, 0) is 51.6 Å². The largest absolute Gasteiger partial charge is 0.376 e. The third-order valence-corrected chi connectivity index (χ3v) is 5.27. The first-order chi connectivity index (χ1) is 11.8. The topological polar surface area (TPSA) is 80.5 Å². The van der Waals surface area contributed by atoms with Gasteiger partial charge in [-0.2, -0.15) is 4.98 Å². The number of aromatic nitrogens is 2. The number of carbonyl (C=O) groups is 1. The van der Waals surface area contributed by atoms with E-state index in [-0.39, 0.29) is 17.9 Å². The van der Waals surface area contributed by atoms with Crippen LogP contribution in [-0.4, -0.2) is 53.3 Å². The number of ether oxygens (including phenoxy) is 1. The first-order valence-corrected chi connectivity index (χ1v) is 9.22. The summed E-state index contributed by atoms with van der Waals surface area (Å²) in [5.74, 6) is 2.40. The summed E-state index contributed by atoms with van der Waals surface area (Å²) < 4.78 is 10.9. The van der Waals surface area contributed by atoms with Crippen LogP contribution in [0.5, 0.6) is 0 Å². The fourth-order valence-corrected chi connectivity index (χ4v) is 3.55. The van der Waals surface area contributed by atoms with Crippen molar-refractivity contribution in [1.82, 2.24) is 20.4 Å². The Bertz CT molecular complexity index is 558. The number of nitrogens with one attached hydrogen (secondary N) is 1. The number of hydrogen-bond donors (Lipinski definition) is 1. The van der Waals surface area contributed by atoms with Gasteiger partial charge in [-0.3, -0.25) is 9.69 Å². The second-order valence-corrected chi connectivity index (χ2v) is 7.25. The number of likely N-dealkylation sites (tertiary alicyclic amines) is 1. The molecule has 1 saturated carbocycles. The highest BCUT2D eigenvalue weighted by atomic mass is 16.5. The molecule has 1 aliphatic carbocycles. The zero-order chi connectivity index (χ0) is 16.4. The van der Waals surface area contributed by atoms with E-state index in [1.807, 2.05) is 0 Å². The average molecular weight is 334 g/mol. The Kier molecular flexibility index (Phi) is 4.80. The van der Waals surface area contributed by atoms with E-state index in [1.54, 1.807) is 0 Å². The molecule has 3 fully saturated rings. The smallest absolute Gasteiger partial charge is 0.240 e. The summed E-state index contributed by atoms with van der Waals surface area (Å²) in [5, 5.41) is 7.12. The summed E-state index contributed by atoms with van der Waals surface area (Å²) >= 11 is 0. The van der Waals surface area contributed by atoms with Gasteiger partial charge in [-0.25, -0.2) is 0 Å². The number of piperidine rings is 1. The highest BCUT2D eigenvalue weighted by molar-refractivity contribution is 5.78. The van der Waals surface area contributed by atoms with Crippen LogP contribution in [0.25, 0.3) is 0 Å². The van der Waals surface area contributed by atoms with E-state index < -0.39 is 0 Å². The molecule has 0 aromatic carbocycles. The molecule has 24 heavy (non-hydrogen) atoms. The predicted molar refractivity (Wildman–Crippen MR) is 86.3 cm³/mol. The Morgan fingerprint density at radius 1 is 1.21 bits per heavy atom. The molecule has 1 aromatic rings. The van der Waals surface area contributed by atoms with E-state index in [2.05, 4.69) is 20.4 Å². The van der Waals surface area contributed by atoms with E-state index in [0.717, 1.165) is 51.2 Å². The third-order valence-electron chi connectivity index (χ3n) is 5.27. The SMILES string of the molecule is O=C(NC[C@H]1CCCO1)C1CCN(Cc2nc(C3CC3)no2)CC1. The van der Waals surface area contributed by atoms with Crippen LogP contribution in [0.4, 0.5) is 0 Å². The monoisotopic (exact) mass is 334 g/mol. The molecule has 1 amide bonds. The number of amides is 1. The van der Waals surface area contributed by atoms with Crippen molar-refractivity contribution in [3.05, 3.63) is 11.7 Å². The van der Waals surface area contributed by atoms with Gasteiger partial charge in [0.2, 0.25) is 11.8 Å². The van der Waals surface area contributed by atoms with Gasteiger partial charge in [0, 0.05) is 25.0 Å². The van der Waals surface area contributed by atoms with Crippen LogP contribution < -0.4 is 5.32 Å². The molecule has 0 spiro atoms. The molecule has 132 valence electrons. The molecular weight excluding hydrogens is 308 g/mol. The lowest BCUT2D eigenvalue weighted by molar-refractivity contribution is -0.127. The minimum atomic E-state index is 0.118. The highest BCUT2D eigenvalue weighted by Gasteiger charge is 2.30. The van der Waals surface area contributed by atoms with Crippen LogP contribution in [0.15, 0.2) is 4.52 Å². The Hall–Kier alpha value is -1.47. The molecule has 1 atom stereocenters. The molecule has 1 N–H and O–H groups in total. The lowest BCUT2D eigenvalue weighted by Gasteiger charge is -2.30. The lowest BCUT2D eigenvalue weighted by atomic mass is 9.96. The van der Waals surface area contributed by atoms with Crippen molar-refractivity contribution in [3.63, 3.8) is 0 Å². The predicted octanol–water partition coefficient (Wildman–Crippen LogP) is 1.45. The third kappa shape index (κ3) is 3.95. The van der Waals surface area contributed by atoms with Crippen LogP contribution in [0, 0.1) is 5.92 Å².